The first-order chi connectivity index (χ1) is 0. The van der Waals surface area contributed by atoms with E-state index in [1.807, 2.05) is 0 Å². The van der Waals surface area contributed by atoms with E-state index >= 15 is 0 Å². The molecule has 0 saturated heterocycles. The molecule has 0 fully saturated rings. The zero-order valence-corrected chi connectivity index (χ0v) is 6.63. The van der Waals surface area contributed by atoms with Crippen LogP contribution >= 0.6 is 0 Å². The van der Waals surface area contributed by atoms with Crippen molar-refractivity contribution < 1.29 is 48.4 Å². The van der Waals surface area contributed by atoms with Crippen molar-refractivity contribution in [3.8, 4) is 0 Å². The minimum atomic E-state index is 0. The summed E-state index contributed by atoms with van der Waals surface area (Å²) in [6, 6.07) is 0. The van der Waals surface area contributed by atoms with E-state index in [4.69, 9.17) is 0 Å². The van der Waals surface area contributed by atoms with Gasteiger partial charge in [-0.3, -0.25) is 0 Å². The van der Waals surface area contributed by atoms with Crippen LogP contribution in [0.15, 0.2) is 0 Å². The molecule has 0 aromatic rings. The van der Waals surface area contributed by atoms with E-state index in [-0.39, 0.29) is 56.8 Å². The molecule has 1 nitrogen and oxygen atoms in total. The monoisotopic (exact) mass is 265 g/mol. The minimum absolute atomic E-state index is 0. The molecule has 4 heavy (non-hydrogen) atoms. The fourth-order valence-electron chi connectivity index (χ4n) is 0. The van der Waals surface area contributed by atoms with Crippen molar-refractivity contribution in [2.45, 2.75) is 0 Å². The molecule has 23 valence electrons. The van der Waals surface area contributed by atoms with Crippen molar-refractivity contribution in [2.24, 2.45) is 0 Å². The molecule has 0 heterocycles. The minimum Gasteiger partial charge on any atom is -0.412 e. The molecule has 0 atom stereocenters. The maximum atomic E-state index is 0. The van der Waals surface area contributed by atoms with Crippen molar-refractivity contribution in [3.63, 3.8) is 0 Å². The van der Waals surface area contributed by atoms with E-state index in [0.717, 1.165) is 0 Å². The first kappa shape index (κ1) is 52.7. The maximum absolute atomic E-state index is 0. The van der Waals surface area contributed by atoms with E-state index in [1.54, 1.807) is 0 Å². The third kappa shape index (κ3) is 9.95. The molecule has 0 spiro atoms. The standard InChI is InChI=1S/B.Fe.Hf.H2O/h;;;1H2. The van der Waals surface area contributed by atoms with Crippen molar-refractivity contribution >= 4 is 8.41 Å². The van der Waals surface area contributed by atoms with Gasteiger partial charge in [-0.1, -0.05) is 0 Å². The molecule has 0 aliphatic rings. The molecule has 0 aromatic heterocycles. The van der Waals surface area contributed by atoms with Crippen LogP contribution in [0, 0.1) is 0 Å². The van der Waals surface area contributed by atoms with Gasteiger partial charge < -0.3 is 5.48 Å². The largest absolute Gasteiger partial charge is 0.412 e. The molecule has 0 amide bonds. The summed E-state index contributed by atoms with van der Waals surface area (Å²) >= 11 is 0. The molecular formula is H2BFeHfO. The van der Waals surface area contributed by atoms with Gasteiger partial charge in [-0.15, -0.1) is 0 Å². The second-order valence-corrected chi connectivity index (χ2v) is 0. The smallest absolute Gasteiger partial charge is 0 e. The third-order valence-corrected chi connectivity index (χ3v) is 0. The Hall–Kier alpha value is 1.41. The molecule has 4 heteroatoms. The van der Waals surface area contributed by atoms with Gasteiger partial charge in [0.25, 0.3) is 0 Å². The average Bonchev–Trinajstić information content (AvgIpc) is 0. The van der Waals surface area contributed by atoms with Gasteiger partial charge in [-0.2, -0.15) is 0 Å². The Kier molecular flexibility index (Phi) is 339. The van der Waals surface area contributed by atoms with Gasteiger partial charge in [-0.25, -0.2) is 0 Å². The molecule has 0 aliphatic heterocycles. The Bertz CT molecular complexity index is 8.00. The quantitative estimate of drug-likeness (QED) is 0.491. The Balaban J connectivity index is 0. The molecule has 0 aliphatic carbocycles. The van der Waals surface area contributed by atoms with Crippen LogP contribution in [0.2, 0.25) is 0 Å². The normalized spacial score (nSPS) is 0. The summed E-state index contributed by atoms with van der Waals surface area (Å²) in [5, 5.41) is 0. The molecule has 3 radical (unpaired) electrons. The Morgan fingerprint density at radius 2 is 1.00 bits per heavy atom. The number of hydrogen-bond acceptors (Lipinski definition) is 0. The van der Waals surface area contributed by atoms with Gasteiger partial charge in [0, 0.05) is 51.3 Å². The predicted molar refractivity (Wildman–Crippen MR) is 9.37 cm³/mol. The van der Waals surface area contributed by atoms with Crippen LogP contribution in [-0.4, -0.2) is 13.9 Å². The van der Waals surface area contributed by atoms with Gasteiger partial charge in [0.15, 0.2) is 0 Å². The number of rotatable bonds is 0. The van der Waals surface area contributed by atoms with Crippen molar-refractivity contribution in [1.29, 1.82) is 0 Å². The van der Waals surface area contributed by atoms with Gasteiger partial charge in [0.2, 0.25) is 0 Å². The summed E-state index contributed by atoms with van der Waals surface area (Å²) in [4.78, 5) is 0. The Morgan fingerprint density at radius 3 is 1.00 bits per heavy atom. The maximum Gasteiger partial charge on any atom is 0 e. The number of hydrogen-bond donors (Lipinski definition) is 0. The SMILES string of the molecule is O.[B].[Fe].[Hf]. The van der Waals surface area contributed by atoms with Crippen LogP contribution in [0.5, 0.6) is 0 Å². The topological polar surface area (TPSA) is 31.5 Å². The van der Waals surface area contributed by atoms with Gasteiger partial charge >= 0.3 is 0 Å². The predicted octanol–water partition coefficient (Wildman–Crippen LogP) is -1.21. The van der Waals surface area contributed by atoms with E-state index in [9.17, 15) is 0 Å². The Labute approximate surface area is 56.7 Å². The summed E-state index contributed by atoms with van der Waals surface area (Å²) in [5.74, 6) is 0. The second kappa shape index (κ2) is 25.7. The fourth-order valence-corrected chi connectivity index (χ4v) is 0. The van der Waals surface area contributed by atoms with E-state index in [1.165, 1.54) is 0 Å². The first-order valence-corrected chi connectivity index (χ1v) is 0. The van der Waals surface area contributed by atoms with E-state index < -0.39 is 0 Å². The van der Waals surface area contributed by atoms with Crippen molar-refractivity contribution in [2.75, 3.05) is 0 Å². The summed E-state index contributed by atoms with van der Waals surface area (Å²) in [6.07, 6.45) is 0. The zero-order valence-electron chi connectivity index (χ0n) is 1.93. The molecule has 0 saturated carbocycles. The fraction of sp³-hybridized carbons (Fsp3) is 0. The van der Waals surface area contributed by atoms with Crippen LogP contribution in [0.1, 0.15) is 0 Å². The second-order valence-electron chi connectivity index (χ2n) is 0. The Morgan fingerprint density at radius 1 is 1.00 bits per heavy atom. The van der Waals surface area contributed by atoms with E-state index in [0.29, 0.717) is 0 Å². The molecule has 2 N–H and O–H groups in total. The summed E-state index contributed by atoms with van der Waals surface area (Å²) in [7, 11) is 0. The molecular weight excluding hydrogens is 261 g/mol. The van der Waals surface area contributed by atoms with Crippen LogP contribution < -0.4 is 0 Å². The van der Waals surface area contributed by atoms with Gasteiger partial charge in [0.1, 0.15) is 0 Å². The summed E-state index contributed by atoms with van der Waals surface area (Å²) in [6.45, 7) is 0. The van der Waals surface area contributed by atoms with Gasteiger partial charge in [-0.05, 0) is 0 Å². The third-order valence-electron chi connectivity index (χ3n) is 0. The van der Waals surface area contributed by atoms with Crippen LogP contribution in [0.4, 0.5) is 0 Å². The molecule has 0 rings (SSSR count). The van der Waals surface area contributed by atoms with Gasteiger partial charge in [0.05, 0.1) is 0 Å². The molecule has 0 unspecified atom stereocenters. The van der Waals surface area contributed by atoms with Crippen molar-refractivity contribution in [1.82, 2.24) is 0 Å². The molecule has 0 aromatic carbocycles. The summed E-state index contributed by atoms with van der Waals surface area (Å²) in [5.41, 5.74) is 0. The van der Waals surface area contributed by atoms with Crippen LogP contribution in [0.25, 0.3) is 0 Å². The van der Waals surface area contributed by atoms with Crippen LogP contribution in [0.3, 0.4) is 0 Å². The van der Waals surface area contributed by atoms with Crippen LogP contribution in [-0.2, 0) is 42.9 Å². The van der Waals surface area contributed by atoms with E-state index in [2.05, 4.69) is 0 Å². The average molecular weight is 263 g/mol. The zero-order chi connectivity index (χ0) is 0. The summed E-state index contributed by atoms with van der Waals surface area (Å²) < 4.78 is 0. The van der Waals surface area contributed by atoms with Crippen molar-refractivity contribution in [3.05, 3.63) is 0 Å². The first-order valence-electron chi connectivity index (χ1n) is 0. The molecule has 0 bridgehead atoms.